The molecule has 2 heterocycles. The van der Waals surface area contributed by atoms with Gasteiger partial charge in [0.25, 0.3) is 0 Å². The second kappa shape index (κ2) is 9.27. The molecule has 0 spiro atoms. The summed E-state index contributed by atoms with van der Waals surface area (Å²) in [5, 5.41) is 7.41. The fraction of sp³-hybridized carbons (Fsp3) is 0.688. The number of aliphatic imine (C=N–C) groups is 1. The van der Waals surface area contributed by atoms with Crippen LogP contribution in [0.25, 0.3) is 0 Å². The van der Waals surface area contributed by atoms with Gasteiger partial charge in [0.2, 0.25) is 5.91 Å². The van der Waals surface area contributed by atoms with Crippen LogP contribution in [-0.2, 0) is 16.6 Å². The Kier molecular flexibility index (Phi) is 7.05. The standard InChI is InChI=1S/C16H28N6O2/c1-4-17-16(18-7-6-10-24-5-2)21-8-9-22(15(23)13-21)14-11-19-20(3)12-14/h11-12H,4-10,13H2,1-3H3,(H,17,18). The van der Waals surface area contributed by atoms with Crippen LogP contribution < -0.4 is 10.2 Å². The molecule has 1 aromatic heterocycles. The molecule has 8 heteroatoms. The Hall–Kier alpha value is -2.09. The van der Waals surface area contributed by atoms with Crippen molar-refractivity contribution in [2.45, 2.75) is 20.3 Å². The average Bonchev–Trinajstić information content (AvgIpc) is 2.99. The van der Waals surface area contributed by atoms with Gasteiger partial charge in [-0.2, -0.15) is 5.10 Å². The number of nitrogens with zero attached hydrogens (tertiary/aromatic N) is 5. The first-order chi connectivity index (χ1) is 11.7. The van der Waals surface area contributed by atoms with Gasteiger partial charge >= 0.3 is 0 Å². The first-order valence-corrected chi connectivity index (χ1v) is 8.55. The molecule has 2 rings (SSSR count). The van der Waals surface area contributed by atoms with Gasteiger partial charge < -0.3 is 19.9 Å². The Balaban J connectivity index is 1.93. The number of ether oxygens (including phenoxy) is 1. The molecular weight excluding hydrogens is 308 g/mol. The van der Waals surface area contributed by atoms with E-state index in [-0.39, 0.29) is 5.91 Å². The maximum atomic E-state index is 12.5. The Morgan fingerprint density at radius 2 is 2.25 bits per heavy atom. The van der Waals surface area contributed by atoms with Crippen LogP contribution in [0.1, 0.15) is 20.3 Å². The molecule has 8 nitrogen and oxygen atoms in total. The quantitative estimate of drug-likeness (QED) is 0.445. The second-order valence-electron chi connectivity index (χ2n) is 5.63. The van der Waals surface area contributed by atoms with E-state index in [0.717, 1.165) is 37.8 Å². The van der Waals surface area contributed by atoms with Gasteiger partial charge in [-0.15, -0.1) is 0 Å². The first-order valence-electron chi connectivity index (χ1n) is 8.55. The number of aryl methyl sites for hydroxylation is 1. The molecule has 0 saturated carbocycles. The number of nitrogens with one attached hydrogen (secondary N) is 1. The molecule has 1 aliphatic rings. The number of carbonyl (C=O) groups is 1. The summed E-state index contributed by atoms with van der Waals surface area (Å²) in [4.78, 5) is 20.9. The summed E-state index contributed by atoms with van der Waals surface area (Å²) in [5.74, 6) is 0.863. The number of hydrogen-bond acceptors (Lipinski definition) is 4. The molecule has 134 valence electrons. The van der Waals surface area contributed by atoms with Crippen molar-refractivity contribution < 1.29 is 9.53 Å². The van der Waals surface area contributed by atoms with Crippen molar-refractivity contribution in [3.8, 4) is 0 Å². The van der Waals surface area contributed by atoms with E-state index in [1.807, 2.05) is 32.0 Å². The number of piperazine rings is 1. The lowest BCUT2D eigenvalue weighted by molar-refractivity contribution is -0.120. The normalized spacial score (nSPS) is 16.0. The average molecular weight is 336 g/mol. The molecule has 24 heavy (non-hydrogen) atoms. The Morgan fingerprint density at radius 1 is 1.42 bits per heavy atom. The minimum atomic E-state index is 0.0640. The third-order valence-electron chi connectivity index (χ3n) is 3.77. The van der Waals surface area contributed by atoms with Crippen LogP contribution >= 0.6 is 0 Å². The molecule has 0 aliphatic carbocycles. The highest BCUT2D eigenvalue weighted by Gasteiger charge is 2.27. The van der Waals surface area contributed by atoms with Crippen molar-refractivity contribution in [1.29, 1.82) is 0 Å². The number of hydrogen-bond donors (Lipinski definition) is 1. The van der Waals surface area contributed by atoms with Gasteiger partial charge in [0.05, 0.1) is 11.9 Å². The monoisotopic (exact) mass is 336 g/mol. The van der Waals surface area contributed by atoms with Crippen LogP contribution in [0.3, 0.4) is 0 Å². The van der Waals surface area contributed by atoms with E-state index in [2.05, 4.69) is 15.4 Å². The molecule has 1 aromatic rings. The zero-order chi connectivity index (χ0) is 17.4. The van der Waals surface area contributed by atoms with Crippen molar-refractivity contribution in [3.05, 3.63) is 12.4 Å². The zero-order valence-electron chi connectivity index (χ0n) is 14.9. The van der Waals surface area contributed by atoms with E-state index in [4.69, 9.17) is 4.74 Å². The molecule has 0 aromatic carbocycles. The number of amides is 1. The van der Waals surface area contributed by atoms with Gasteiger partial charge in [0, 0.05) is 52.6 Å². The minimum absolute atomic E-state index is 0.0640. The van der Waals surface area contributed by atoms with Gasteiger partial charge in [-0.25, -0.2) is 0 Å². The summed E-state index contributed by atoms with van der Waals surface area (Å²) in [7, 11) is 1.85. The van der Waals surface area contributed by atoms with Crippen LogP contribution in [0.15, 0.2) is 17.4 Å². The predicted molar refractivity (Wildman–Crippen MR) is 94.2 cm³/mol. The van der Waals surface area contributed by atoms with E-state index >= 15 is 0 Å². The summed E-state index contributed by atoms with van der Waals surface area (Å²) >= 11 is 0. The second-order valence-corrected chi connectivity index (χ2v) is 5.63. The Labute approximate surface area is 143 Å². The lowest BCUT2D eigenvalue weighted by Crippen LogP contribution is -2.55. The van der Waals surface area contributed by atoms with Crippen LogP contribution in [0.4, 0.5) is 5.69 Å². The van der Waals surface area contributed by atoms with Crippen LogP contribution in [0, 0.1) is 0 Å². The van der Waals surface area contributed by atoms with Crippen molar-refractivity contribution in [1.82, 2.24) is 20.0 Å². The van der Waals surface area contributed by atoms with E-state index in [9.17, 15) is 4.79 Å². The molecule has 0 atom stereocenters. The molecule has 1 N–H and O–H groups in total. The third kappa shape index (κ3) is 4.95. The smallest absolute Gasteiger partial charge is 0.246 e. The molecule has 0 bridgehead atoms. The number of carbonyl (C=O) groups excluding carboxylic acids is 1. The predicted octanol–water partition coefficient (Wildman–Crippen LogP) is 0.461. The van der Waals surface area contributed by atoms with Crippen molar-refractivity contribution in [2.24, 2.45) is 12.0 Å². The fourth-order valence-electron chi connectivity index (χ4n) is 2.60. The minimum Gasteiger partial charge on any atom is -0.382 e. The maximum absolute atomic E-state index is 12.5. The first kappa shape index (κ1) is 18.3. The summed E-state index contributed by atoms with van der Waals surface area (Å²) in [6.07, 6.45) is 4.47. The van der Waals surface area contributed by atoms with Crippen molar-refractivity contribution in [2.75, 3.05) is 50.8 Å². The summed E-state index contributed by atoms with van der Waals surface area (Å²) < 4.78 is 7.04. The maximum Gasteiger partial charge on any atom is 0.246 e. The van der Waals surface area contributed by atoms with E-state index in [1.54, 1.807) is 15.8 Å². The summed E-state index contributed by atoms with van der Waals surface area (Å²) in [5.41, 5.74) is 0.848. The SMILES string of the molecule is CCNC(=NCCCOCC)N1CCN(c2cnn(C)c2)C(=O)C1. The molecule has 1 amide bonds. The van der Waals surface area contributed by atoms with Crippen LogP contribution in [0.5, 0.6) is 0 Å². The number of anilines is 1. The van der Waals surface area contributed by atoms with Gasteiger partial charge in [-0.3, -0.25) is 14.5 Å². The van der Waals surface area contributed by atoms with Gasteiger partial charge in [0.1, 0.15) is 6.54 Å². The lowest BCUT2D eigenvalue weighted by Gasteiger charge is -2.35. The number of rotatable bonds is 7. The molecule has 1 aliphatic heterocycles. The fourth-order valence-corrected chi connectivity index (χ4v) is 2.60. The van der Waals surface area contributed by atoms with Crippen LogP contribution in [0.2, 0.25) is 0 Å². The topological polar surface area (TPSA) is 75.0 Å². The van der Waals surface area contributed by atoms with E-state index in [1.165, 1.54) is 0 Å². The third-order valence-corrected chi connectivity index (χ3v) is 3.77. The summed E-state index contributed by atoms with van der Waals surface area (Å²) in [6, 6.07) is 0. The van der Waals surface area contributed by atoms with Gasteiger partial charge in [-0.1, -0.05) is 0 Å². The molecule has 1 saturated heterocycles. The number of guanidine groups is 1. The highest BCUT2D eigenvalue weighted by molar-refractivity contribution is 5.98. The lowest BCUT2D eigenvalue weighted by atomic mass is 10.3. The Morgan fingerprint density at radius 3 is 2.88 bits per heavy atom. The molecule has 1 fully saturated rings. The van der Waals surface area contributed by atoms with Gasteiger partial charge in [-0.05, 0) is 20.3 Å². The number of aromatic nitrogens is 2. The highest BCUT2D eigenvalue weighted by atomic mass is 16.5. The Bertz CT molecular complexity index is 557. The van der Waals surface area contributed by atoms with Crippen molar-refractivity contribution in [3.63, 3.8) is 0 Å². The van der Waals surface area contributed by atoms with E-state index in [0.29, 0.717) is 26.2 Å². The van der Waals surface area contributed by atoms with Gasteiger partial charge in [0.15, 0.2) is 5.96 Å². The van der Waals surface area contributed by atoms with Crippen LogP contribution in [-0.4, -0.2) is 72.5 Å². The molecule has 0 radical (unpaired) electrons. The van der Waals surface area contributed by atoms with E-state index < -0.39 is 0 Å². The molecule has 0 unspecified atom stereocenters. The molecular formula is C16H28N6O2. The highest BCUT2D eigenvalue weighted by Crippen LogP contribution is 2.16. The largest absolute Gasteiger partial charge is 0.382 e. The van der Waals surface area contributed by atoms with Crippen molar-refractivity contribution >= 4 is 17.6 Å². The summed E-state index contributed by atoms with van der Waals surface area (Å²) in [6.45, 7) is 8.64. The zero-order valence-corrected chi connectivity index (χ0v) is 14.9.